The Labute approximate surface area is 37.2 Å². The zero-order valence-electron chi connectivity index (χ0n) is 3.81. The molecule has 2 heteroatoms. The molecule has 0 aromatic rings. The smallest absolute Gasteiger partial charge is 0.0814 e. The molecule has 0 amide bonds. The highest BCUT2D eigenvalue weighted by Crippen LogP contribution is 1.99. The summed E-state index contributed by atoms with van der Waals surface area (Å²) < 4.78 is 0. The van der Waals surface area contributed by atoms with Crippen molar-refractivity contribution in [3.63, 3.8) is 0 Å². The molecule has 1 aliphatic rings. The Kier molecular flexibility index (Phi) is 0.821. The third-order valence-corrected chi connectivity index (χ3v) is 1.23. The van der Waals surface area contributed by atoms with Crippen LogP contribution in [0.1, 0.15) is 6.92 Å². The van der Waals surface area contributed by atoms with Gasteiger partial charge in [0.1, 0.15) is 0 Å². The van der Waals surface area contributed by atoms with Gasteiger partial charge in [-0.15, -0.1) is 0 Å². The SMILES string of the molecule is C[C@@H]1NC[C@H]1O. The number of nitrogens with one attached hydrogen (secondary N) is 1. The summed E-state index contributed by atoms with van der Waals surface area (Å²) in [6, 6.07) is 0.338. The molecule has 0 aromatic heterocycles. The molecule has 1 aliphatic heterocycles. The van der Waals surface area contributed by atoms with Crippen molar-refractivity contribution < 1.29 is 5.11 Å². The van der Waals surface area contributed by atoms with Crippen molar-refractivity contribution in [2.75, 3.05) is 6.54 Å². The van der Waals surface area contributed by atoms with E-state index in [2.05, 4.69) is 5.32 Å². The van der Waals surface area contributed by atoms with Gasteiger partial charge in [0.15, 0.2) is 0 Å². The van der Waals surface area contributed by atoms with E-state index in [0.29, 0.717) is 6.04 Å². The maximum absolute atomic E-state index is 8.65. The van der Waals surface area contributed by atoms with Crippen molar-refractivity contribution in [2.45, 2.75) is 19.1 Å². The van der Waals surface area contributed by atoms with Crippen LogP contribution in [0.5, 0.6) is 0 Å². The van der Waals surface area contributed by atoms with E-state index in [-0.39, 0.29) is 6.10 Å². The van der Waals surface area contributed by atoms with Crippen molar-refractivity contribution in [3.05, 3.63) is 0 Å². The quantitative estimate of drug-likeness (QED) is 0.411. The Morgan fingerprint density at radius 1 is 1.83 bits per heavy atom. The fourth-order valence-electron chi connectivity index (χ4n) is 0.459. The Morgan fingerprint density at radius 2 is 2.33 bits per heavy atom. The van der Waals surface area contributed by atoms with Crippen LogP contribution in [0.4, 0.5) is 0 Å². The molecule has 36 valence electrons. The topological polar surface area (TPSA) is 32.3 Å². The van der Waals surface area contributed by atoms with E-state index in [9.17, 15) is 0 Å². The van der Waals surface area contributed by atoms with Crippen molar-refractivity contribution in [1.82, 2.24) is 5.32 Å². The molecular formula is C4H9NO. The summed E-state index contributed by atoms with van der Waals surface area (Å²) in [5, 5.41) is 11.7. The summed E-state index contributed by atoms with van der Waals surface area (Å²) in [6.45, 7) is 2.75. The van der Waals surface area contributed by atoms with E-state index in [0.717, 1.165) is 6.54 Å². The Bertz CT molecular complexity index is 47.5. The third kappa shape index (κ3) is 0.420. The van der Waals surface area contributed by atoms with Gasteiger partial charge < -0.3 is 10.4 Å². The Morgan fingerprint density at radius 3 is 2.33 bits per heavy atom. The number of aliphatic hydroxyl groups is 1. The second-order valence-electron chi connectivity index (χ2n) is 1.76. The summed E-state index contributed by atoms with van der Waals surface area (Å²) in [4.78, 5) is 0. The second-order valence-corrected chi connectivity index (χ2v) is 1.76. The van der Waals surface area contributed by atoms with Gasteiger partial charge in [0.25, 0.3) is 0 Å². The average molecular weight is 87.1 g/mol. The minimum Gasteiger partial charge on any atom is -0.390 e. The van der Waals surface area contributed by atoms with Crippen LogP contribution in [0.25, 0.3) is 0 Å². The van der Waals surface area contributed by atoms with Gasteiger partial charge in [-0.05, 0) is 6.92 Å². The van der Waals surface area contributed by atoms with Crippen LogP contribution >= 0.6 is 0 Å². The van der Waals surface area contributed by atoms with Gasteiger partial charge in [0, 0.05) is 12.6 Å². The van der Waals surface area contributed by atoms with Crippen LogP contribution in [-0.2, 0) is 0 Å². The highest BCUT2D eigenvalue weighted by molar-refractivity contribution is 4.82. The van der Waals surface area contributed by atoms with E-state index < -0.39 is 0 Å². The van der Waals surface area contributed by atoms with Crippen LogP contribution in [0.15, 0.2) is 0 Å². The molecule has 1 rings (SSSR count). The second kappa shape index (κ2) is 1.21. The zero-order chi connectivity index (χ0) is 4.57. The highest BCUT2D eigenvalue weighted by Gasteiger charge is 2.21. The normalized spacial score (nSPS) is 45.0. The molecule has 0 aliphatic carbocycles. The fourth-order valence-corrected chi connectivity index (χ4v) is 0.459. The van der Waals surface area contributed by atoms with Gasteiger partial charge in [-0.3, -0.25) is 0 Å². The Hall–Kier alpha value is -0.0800. The van der Waals surface area contributed by atoms with E-state index in [4.69, 9.17) is 5.11 Å². The molecule has 2 N–H and O–H groups in total. The van der Waals surface area contributed by atoms with Crippen LogP contribution in [0.2, 0.25) is 0 Å². The summed E-state index contributed by atoms with van der Waals surface area (Å²) in [5.41, 5.74) is 0. The third-order valence-electron chi connectivity index (χ3n) is 1.23. The molecule has 0 unspecified atom stereocenters. The molecule has 0 aromatic carbocycles. The molecule has 1 fully saturated rings. The van der Waals surface area contributed by atoms with Gasteiger partial charge in [-0.25, -0.2) is 0 Å². The summed E-state index contributed by atoms with van der Waals surface area (Å²) in [6.07, 6.45) is -0.0787. The zero-order valence-corrected chi connectivity index (χ0v) is 3.81. The molecular weight excluding hydrogens is 78.0 g/mol. The van der Waals surface area contributed by atoms with Crippen molar-refractivity contribution in [3.8, 4) is 0 Å². The van der Waals surface area contributed by atoms with Gasteiger partial charge in [0.2, 0.25) is 0 Å². The lowest BCUT2D eigenvalue weighted by Gasteiger charge is -2.30. The fraction of sp³-hybridized carbons (Fsp3) is 1.00. The number of aliphatic hydroxyl groups excluding tert-OH is 1. The first-order valence-electron chi connectivity index (χ1n) is 2.22. The monoisotopic (exact) mass is 87.1 g/mol. The largest absolute Gasteiger partial charge is 0.390 e. The maximum atomic E-state index is 8.65. The van der Waals surface area contributed by atoms with Crippen molar-refractivity contribution >= 4 is 0 Å². The first kappa shape index (κ1) is 4.09. The van der Waals surface area contributed by atoms with Crippen LogP contribution in [0, 0.1) is 0 Å². The summed E-state index contributed by atoms with van der Waals surface area (Å²) in [7, 11) is 0. The van der Waals surface area contributed by atoms with E-state index in [1.165, 1.54) is 0 Å². The lowest BCUT2D eigenvalue weighted by molar-refractivity contribution is 0.0704. The average Bonchev–Trinajstić information content (AvgIpc) is 1.61. The summed E-state index contributed by atoms with van der Waals surface area (Å²) in [5.74, 6) is 0. The standard InChI is InChI=1S/C4H9NO/c1-3-4(6)2-5-3/h3-6H,2H2,1H3/t3-,4+/m0/s1. The van der Waals surface area contributed by atoms with Crippen LogP contribution in [-0.4, -0.2) is 23.8 Å². The van der Waals surface area contributed by atoms with Gasteiger partial charge in [-0.1, -0.05) is 0 Å². The van der Waals surface area contributed by atoms with Gasteiger partial charge in [0.05, 0.1) is 6.10 Å². The van der Waals surface area contributed by atoms with Crippen molar-refractivity contribution in [2.24, 2.45) is 0 Å². The van der Waals surface area contributed by atoms with E-state index in [1.54, 1.807) is 0 Å². The molecule has 0 radical (unpaired) electrons. The molecule has 1 saturated heterocycles. The number of β-amino-alcohol motifs (C(OH)–C–C–N with tert-alkyl or cyclic N) is 1. The first-order valence-corrected chi connectivity index (χ1v) is 2.22. The van der Waals surface area contributed by atoms with Gasteiger partial charge in [-0.2, -0.15) is 0 Å². The minimum atomic E-state index is -0.0787. The minimum absolute atomic E-state index is 0.0787. The molecule has 0 spiro atoms. The van der Waals surface area contributed by atoms with Crippen LogP contribution < -0.4 is 5.32 Å². The predicted octanol–water partition coefficient (Wildman–Crippen LogP) is -0.661. The molecule has 1 heterocycles. The highest BCUT2D eigenvalue weighted by atomic mass is 16.3. The van der Waals surface area contributed by atoms with E-state index >= 15 is 0 Å². The van der Waals surface area contributed by atoms with Crippen LogP contribution in [0.3, 0.4) is 0 Å². The number of hydrogen-bond acceptors (Lipinski definition) is 2. The lowest BCUT2D eigenvalue weighted by atomic mass is 10.1. The molecule has 2 nitrogen and oxygen atoms in total. The lowest BCUT2D eigenvalue weighted by Crippen LogP contribution is -2.55. The van der Waals surface area contributed by atoms with Gasteiger partial charge >= 0.3 is 0 Å². The predicted molar refractivity (Wildman–Crippen MR) is 23.5 cm³/mol. The number of rotatable bonds is 0. The maximum Gasteiger partial charge on any atom is 0.0814 e. The summed E-state index contributed by atoms with van der Waals surface area (Å²) >= 11 is 0. The van der Waals surface area contributed by atoms with E-state index in [1.807, 2.05) is 6.92 Å². The number of hydrogen-bond donors (Lipinski definition) is 2. The molecule has 0 bridgehead atoms. The van der Waals surface area contributed by atoms with Crippen molar-refractivity contribution in [1.29, 1.82) is 0 Å². The first-order chi connectivity index (χ1) is 2.80. The molecule has 6 heavy (non-hydrogen) atoms. The molecule has 0 saturated carbocycles. The molecule has 2 atom stereocenters. The Balaban J connectivity index is 2.20.